The molecule has 1 atom stereocenters. The van der Waals surface area contributed by atoms with E-state index < -0.39 is 6.04 Å². The number of ether oxygens (including phenoxy) is 1. The minimum Gasteiger partial charge on any atom is -0.483 e. The third kappa shape index (κ3) is 6.38. The van der Waals surface area contributed by atoms with Crippen molar-refractivity contribution in [2.24, 2.45) is 0 Å². The predicted molar refractivity (Wildman–Crippen MR) is 117 cm³/mol. The molecule has 0 aliphatic heterocycles. The summed E-state index contributed by atoms with van der Waals surface area (Å²) in [7, 11) is 0. The zero-order valence-corrected chi connectivity index (χ0v) is 18.6. The number of halogens is 2. The van der Waals surface area contributed by atoms with Crippen LogP contribution in [0, 0.1) is 13.8 Å². The quantitative estimate of drug-likeness (QED) is 0.660. The van der Waals surface area contributed by atoms with Crippen LogP contribution >= 0.6 is 23.2 Å². The second kappa shape index (κ2) is 10.5. The summed E-state index contributed by atoms with van der Waals surface area (Å²) >= 11 is 12.2. The van der Waals surface area contributed by atoms with E-state index in [1.807, 2.05) is 39.0 Å². The van der Waals surface area contributed by atoms with E-state index in [0.29, 0.717) is 27.9 Å². The van der Waals surface area contributed by atoms with E-state index in [9.17, 15) is 9.59 Å². The van der Waals surface area contributed by atoms with Crippen molar-refractivity contribution in [2.45, 2.75) is 40.3 Å². The van der Waals surface area contributed by atoms with Crippen LogP contribution in [0.4, 0.5) is 0 Å². The highest BCUT2D eigenvalue weighted by atomic mass is 35.5. The number of amides is 2. The zero-order valence-electron chi connectivity index (χ0n) is 17.1. The van der Waals surface area contributed by atoms with E-state index in [4.69, 9.17) is 27.9 Å². The number of nitrogens with zero attached hydrogens (tertiary/aromatic N) is 1. The van der Waals surface area contributed by atoms with Crippen LogP contribution < -0.4 is 10.1 Å². The van der Waals surface area contributed by atoms with Gasteiger partial charge in [-0.15, -0.1) is 0 Å². The molecule has 1 N–H and O–H groups in total. The summed E-state index contributed by atoms with van der Waals surface area (Å²) in [5, 5.41) is 3.70. The van der Waals surface area contributed by atoms with Gasteiger partial charge >= 0.3 is 0 Å². The maximum Gasteiger partial charge on any atom is 0.261 e. The summed E-state index contributed by atoms with van der Waals surface area (Å²) in [6.45, 7) is 7.86. The molecule has 2 aromatic carbocycles. The standard InChI is InChI=1S/C22H26Cl2N2O3/c1-5-25-22(28)16(4)26(12-17-8-9-18(23)11-19(17)24)21(27)13-29-20-10-14(2)6-7-15(20)3/h6-11,16H,5,12-13H2,1-4H3,(H,25,28). The van der Waals surface area contributed by atoms with E-state index in [2.05, 4.69) is 5.32 Å². The smallest absolute Gasteiger partial charge is 0.261 e. The van der Waals surface area contributed by atoms with Gasteiger partial charge in [-0.2, -0.15) is 0 Å². The van der Waals surface area contributed by atoms with Gasteiger partial charge in [0.25, 0.3) is 5.91 Å². The number of carbonyl (C=O) groups is 2. The van der Waals surface area contributed by atoms with E-state index >= 15 is 0 Å². The first kappa shape index (κ1) is 23.0. The molecule has 0 aromatic heterocycles. The molecule has 7 heteroatoms. The van der Waals surface area contributed by atoms with Crippen LogP contribution in [0.2, 0.25) is 10.0 Å². The number of hydrogen-bond acceptors (Lipinski definition) is 3. The highest BCUT2D eigenvalue weighted by molar-refractivity contribution is 6.35. The zero-order chi connectivity index (χ0) is 21.6. The first-order valence-corrected chi connectivity index (χ1v) is 10.2. The lowest BCUT2D eigenvalue weighted by molar-refractivity contribution is -0.142. The first-order chi connectivity index (χ1) is 13.7. The van der Waals surface area contributed by atoms with Crippen molar-refractivity contribution in [3.63, 3.8) is 0 Å². The van der Waals surface area contributed by atoms with Crippen LogP contribution in [-0.2, 0) is 16.1 Å². The lowest BCUT2D eigenvalue weighted by atomic mass is 10.1. The fourth-order valence-electron chi connectivity index (χ4n) is 2.82. The molecule has 2 rings (SSSR count). The largest absolute Gasteiger partial charge is 0.483 e. The molecule has 1 unspecified atom stereocenters. The summed E-state index contributed by atoms with van der Waals surface area (Å²) < 4.78 is 5.76. The maximum atomic E-state index is 13.0. The number of nitrogens with one attached hydrogen (secondary N) is 1. The van der Waals surface area contributed by atoms with Crippen LogP contribution in [-0.4, -0.2) is 35.9 Å². The Hall–Kier alpha value is -2.24. The van der Waals surface area contributed by atoms with Crippen molar-refractivity contribution in [3.8, 4) is 5.75 Å². The molecule has 0 radical (unpaired) electrons. The molecule has 156 valence electrons. The van der Waals surface area contributed by atoms with E-state index in [-0.39, 0.29) is 25.0 Å². The monoisotopic (exact) mass is 436 g/mol. The highest BCUT2D eigenvalue weighted by Gasteiger charge is 2.27. The molecule has 5 nitrogen and oxygen atoms in total. The average Bonchev–Trinajstić information content (AvgIpc) is 2.67. The van der Waals surface area contributed by atoms with Crippen LogP contribution in [0.15, 0.2) is 36.4 Å². The van der Waals surface area contributed by atoms with Gasteiger partial charge in [-0.1, -0.05) is 41.4 Å². The Kier molecular flexibility index (Phi) is 8.35. The Bertz CT molecular complexity index is 886. The normalized spacial score (nSPS) is 11.7. The molecule has 0 bridgehead atoms. The van der Waals surface area contributed by atoms with Crippen LogP contribution in [0.1, 0.15) is 30.5 Å². The third-order valence-corrected chi connectivity index (χ3v) is 5.16. The lowest BCUT2D eigenvalue weighted by Crippen LogP contribution is -2.49. The van der Waals surface area contributed by atoms with Gasteiger partial charge in [0.15, 0.2) is 6.61 Å². The van der Waals surface area contributed by atoms with Gasteiger partial charge in [0.2, 0.25) is 5.91 Å². The summed E-state index contributed by atoms with van der Waals surface area (Å²) in [6, 6.07) is 10.2. The Labute approximate surface area is 181 Å². The molecule has 2 amide bonds. The second-order valence-corrected chi connectivity index (χ2v) is 7.73. The summed E-state index contributed by atoms with van der Waals surface area (Å²) in [4.78, 5) is 26.9. The van der Waals surface area contributed by atoms with Crippen LogP contribution in [0.3, 0.4) is 0 Å². The number of rotatable bonds is 8. The number of benzene rings is 2. The van der Waals surface area contributed by atoms with Crippen molar-refractivity contribution in [1.82, 2.24) is 10.2 Å². The molecular weight excluding hydrogens is 411 g/mol. The molecule has 0 fully saturated rings. The minimum absolute atomic E-state index is 0.170. The number of carbonyl (C=O) groups excluding carboxylic acids is 2. The van der Waals surface area contributed by atoms with E-state index in [0.717, 1.165) is 11.1 Å². The van der Waals surface area contributed by atoms with Gasteiger partial charge < -0.3 is 15.0 Å². The fraction of sp³-hybridized carbons (Fsp3) is 0.364. The second-order valence-electron chi connectivity index (χ2n) is 6.89. The predicted octanol–water partition coefficient (Wildman–Crippen LogP) is 4.54. The lowest BCUT2D eigenvalue weighted by Gasteiger charge is -2.29. The van der Waals surface area contributed by atoms with Gasteiger partial charge in [0.1, 0.15) is 11.8 Å². The topological polar surface area (TPSA) is 58.6 Å². The minimum atomic E-state index is -0.684. The molecule has 0 saturated carbocycles. The van der Waals surface area contributed by atoms with Crippen LogP contribution in [0.5, 0.6) is 5.75 Å². The Balaban J connectivity index is 2.21. The Morgan fingerprint density at radius 2 is 1.86 bits per heavy atom. The van der Waals surface area contributed by atoms with Gasteiger partial charge in [0, 0.05) is 23.1 Å². The molecule has 0 aliphatic carbocycles. The van der Waals surface area contributed by atoms with Crippen LogP contribution in [0.25, 0.3) is 0 Å². The Morgan fingerprint density at radius 1 is 1.14 bits per heavy atom. The van der Waals surface area contributed by atoms with E-state index in [1.165, 1.54) is 4.90 Å². The third-order valence-electron chi connectivity index (χ3n) is 4.57. The first-order valence-electron chi connectivity index (χ1n) is 9.44. The van der Waals surface area contributed by atoms with Gasteiger partial charge in [-0.05, 0) is 62.6 Å². The molecule has 29 heavy (non-hydrogen) atoms. The molecule has 0 heterocycles. The van der Waals surface area contributed by atoms with E-state index in [1.54, 1.807) is 25.1 Å². The van der Waals surface area contributed by atoms with Crippen molar-refractivity contribution in [2.75, 3.05) is 13.2 Å². The maximum absolute atomic E-state index is 13.0. The number of aryl methyl sites for hydroxylation is 2. The van der Waals surface area contributed by atoms with Crippen molar-refractivity contribution < 1.29 is 14.3 Å². The van der Waals surface area contributed by atoms with Gasteiger partial charge in [-0.25, -0.2) is 0 Å². The highest BCUT2D eigenvalue weighted by Crippen LogP contribution is 2.24. The molecule has 2 aromatic rings. The molecule has 0 saturated heterocycles. The summed E-state index contributed by atoms with van der Waals surface area (Å²) in [5.74, 6) is 0.0989. The Morgan fingerprint density at radius 3 is 2.52 bits per heavy atom. The summed E-state index contributed by atoms with van der Waals surface area (Å²) in [5.41, 5.74) is 2.68. The number of likely N-dealkylation sites (N-methyl/N-ethyl adjacent to an activating group) is 1. The van der Waals surface area contributed by atoms with Crippen molar-refractivity contribution in [3.05, 3.63) is 63.1 Å². The van der Waals surface area contributed by atoms with Crippen molar-refractivity contribution >= 4 is 35.0 Å². The van der Waals surface area contributed by atoms with Gasteiger partial charge in [0.05, 0.1) is 0 Å². The SMILES string of the molecule is CCNC(=O)C(C)N(Cc1ccc(Cl)cc1Cl)C(=O)COc1cc(C)ccc1C. The fourth-order valence-corrected chi connectivity index (χ4v) is 3.29. The molecule has 0 spiro atoms. The summed E-state index contributed by atoms with van der Waals surface area (Å²) in [6.07, 6.45) is 0. The molecular formula is C22H26Cl2N2O3. The van der Waals surface area contributed by atoms with Gasteiger partial charge in [-0.3, -0.25) is 9.59 Å². The average molecular weight is 437 g/mol. The molecule has 0 aliphatic rings. The number of hydrogen-bond donors (Lipinski definition) is 1. The van der Waals surface area contributed by atoms with Crippen molar-refractivity contribution in [1.29, 1.82) is 0 Å².